The lowest BCUT2D eigenvalue weighted by Crippen LogP contribution is -2.33. The number of carboxylic acid groups (broad SMARTS) is 1. The standard InChI is InChI=1S/C21H32N2O7/c1-21(2,3)30-19(27)14-7-8-16(15(11-14)13-22-9-5-6-10-24)23-17(12-18(25)26)20(28)29-4/h7-8,11,17,22-24H,5-6,9-10,12-13H2,1-4H3,(H,25,26)/t17-/m0/s1. The van der Waals surface area contributed by atoms with E-state index in [2.05, 4.69) is 15.4 Å². The monoisotopic (exact) mass is 424 g/mol. The third-order valence-corrected chi connectivity index (χ3v) is 4.01. The van der Waals surface area contributed by atoms with Crippen LogP contribution in [-0.4, -0.2) is 60.0 Å². The van der Waals surface area contributed by atoms with Crippen LogP contribution in [0.25, 0.3) is 0 Å². The zero-order valence-electron chi connectivity index (χ0n) is 18.0. The number of carbonyl (C=O) groups excluding carboxylic acids is 2. The van der Waals surface area contributed by atoms with Crippen molar-refractivity contribution in [2.75, 3.05) is 25.6 Å². The lowest BCUT2D eigenvalue weighted by molar-refractivity contribution is -0.146. The maximum absolute atomic E-state index is 12.4. The molecule has 0 bridgehead atoms. The predicted octanol–water partition coefficient (Wildman–Crippen LogP) is 1.93. The third kappa shape index (κ3) is 9.23. The number of aliphatic hydroxyl groups excluding tert-OH is 1. The van der Waals surface area contributed by atoms with E-state index in [0.29, 0.717) is 36.3 Å². The molecule has 0 spiro atoms. The highest BCUT2D eigenvalue weighted by Gasteiger charge is 2.24. The molecule has 1 rings (SSSR count). The number of ether oxygens (including phenoxy) is 2. The Balaban J connectivity index is 3.10. The molecule has 0 saturated carbocycles. The second-order valence-corrected chi connectivity index (χ2v) is 7.80. The van der Waals surface area contributed by atoms with Gasteiger partial charge in [-0.15, -0.1) is 0 Å². The van der Waals surface area contributed by atoms with Gasteiger partial charge in [0.25, 0.3) is 0 Å². The van der Waals surface area contributed by atoms with Gasteiger partial charge in [0.05, 0.1) is 19.1 Å². The Hall–Kier alpha value is -2.65. The minimum atomic E-state index is -1.15. The maximum atomic E-state index is 12.4. The normalized spacial score (nSPS) is 12.2. The number of hydrogen-bond acceptors (Lipinski definition) is 8. The van der Waals surface area contributed by atoms with Crippen molar-refractivity contribution in [2.45, 2.75) is 58.2 Å². The Bertz CT molecular complexity index is 729. The highest BCUT2D eigenvalue weighted by Crippen LogP contribution is 2.22. The number of rotatable bonds is 12. The Morgan fingerprint density at radius 2 is 1.87 bits per heavy atom. The van der Waals surface area contributed by atoms with Gasteiger partial charge in [0.2, 0.25) is 0 Å². The van der Waals surface area contributed by atoms with E-state index in [1.54, 1.807) is 39.0 Å². The van der Waals surface area contributed by atoms with Gasteiger partial charge in [0.15, 0.2) is 0 Å². The van der Waals surface area contributed by atoms with Gasteiger partial charge in [-0.2, -0.15) is 0 Å². The fourth-order valence-corrected chi connectivity index (χ4v) is 2.63. The fraction of sp³-hybridized carbons (Fsp3) is 0.571. The van der Waals surface area contributed by atoms with Crippen LogP contribution in [0.15, 0.2) is 18.2 Å². The smallest absolute Gasteiger partial charge is 0.338 e. The molecular weight excluding hydrogens is 392 g/mol. The number of hydrogen-bond donors (Lipinski definition) is 4. The summed E-state index contributed by atoms with van der Waals surface area (Å²) in [5.41, 5.74) is 0.875. The first-order valence-electron chi connectivity index (χ1n) is 9.81. The first-order valence-corrected chi connectivity index (χ1v) is 9.81. The number of aliphatic carboxylic acids is 1. The number of aliphatic hydroxyl groups is 1. The largest absolute Gasteiger partial charge is 0.481 e. The van der Waals surface area contributed by atoms with Crippen molar-refractivity contribution in [3.63, 3.8) is 0 Å². The van der Waals surface area contributed by atoms with E-state index < -0.39 is 36.0 Å². The van der Waals surface area contributed by atoms with Gasteiger partial charge in [-0.05, 0) is 63.9 Å². The fourth-order valence-electron chi connectivity index (χ4n) is 2.63. The third-order valence-electron chi connectivity index (χ3n) is 4.01. The number of carboxylic acids is 1. The zero-order valence-corrected chi connectivity index (χ0v) is 18.0. The van der Waals surface area contributed by atoms with Gasteiger partial charge in [-0.25, -0.2) is 9.59 Å². The SMILES string of the molecule is COC(=O)[C@H](CC(=O)O)Nc1ccc(C(=O)OC(C)(C)C)cc1CNCCCCO. The molecule has 1 aromatic carbocycles. The number of unbranched alkanes of at least 4 members (excludes halogenated alkanes) is 1. The lowest BCUT2D eigenvalue weighted by Gasteiger charge is -2.21. The van der Waals surface area contributed by atoms with Crippen molar-refractivity contribution in [1.82, 2.24) is 5.32 Å². The van der Waals surface area contributed by atoms with Gasteiger partial charge in [-0.1, -0.05) is 0 Å². The zero-order chi connectivity index (χ0) is 22.7. The molecule has 0 amide bonds. The van der Waals surface area contributed by atoms with E-state index in [4.69, 9.17) is 14.9 Å². The van der Waals surface area contributed by atoms with Crippen LogP contribution >= 0.6 is 0 Å². The highest BCUT2D eigenvalue weighted by molar-refractivity contribution is 5.91. The lowest BCUT2D eigenvalue weighted by atomic mass is 10.1. The molecule has 0 saturated heterocycles. The van der Waals surface area contributed by atoms with Crippen LogP contribution in [0.4, 0.5) is 5.69 Å². The van der Waals surface area contributed by atoms with E-state index in [-0.39, 0.29) is 6.61 Å². The molecule has 0 aliphatic rings. The van der Waals surface area contributed by atoms with Crippen LogP contribution in [0.2, 0.25) is 0 Å². The molecule has 9 nitrogen and oxygen atoms in total. The van der Waals surface area contributed by atoms with Crippen LogP contribution in [0.5, 0.6) is 0 Å². The maximum Gasteiger partial charge on any atom is 0.338 e. The molecule has 0 fully saturated rings. The molecule has 1 aromatic rings. The molecule has 30 heavy (non-hydrogen) atoms. The van der Waals surface area contributed by atoms with Gasteiger partial charge in [0, 0.05) is 18.8 Å². The number of methoxy groups -OCH3 is 1. The second kappa shape index (κ2) is 12.1. The highest BCUT2D eigenvalue weighted by atomic mass is 16.6. The van der Waals surface area contributed by atoms with Crippen molar-refractivity contribution in [3.8, 4) is 0 Å². The molecule has 0 unspecified atom stereocenters. The molecular formula is C21H32N2O7. The molecule has 168 valence electrons. The number of nitrogens with one attached hydrogen (secondary N) is 2. The van der Waals surface area contributed by atoms with E-state index >= 15 is 0 Å². The molecule has 1 atom stereocenters. The van der Waals surface area contributed by atoms with Crippen molar-refractivity contribution < 1.29 is 34.1 Å². The molecule has 0 radical (unpaired) electrons. The second-order valence-electron chi connectivity index (χ2n) is 7.80. The van der Waals surface area contributed by atoms with Crippen LogP contribution in [-0.2, 0) is 25.6 Å². The first-order chi connectivity index (χ1) is 14.1. The van der Waals surface area contributed by atoms with Gasteiger partial charge in [-0.3, -0.25) is 4.79 Å². The molecule has 0 aliphatic carbocycles. The van der Waals surface area contributed by atoms with Crippen molar-refractivity contribution in [1.29, 1.82) is 0 Å². The van der Waals surface area contributed by atoms with E-state index in [1.807, 2.05) is 0 Å². The Morgan fingerprint density at radius 3 is 2.43 bits per heavy atom. The van der Waals surface area contributed by atoms with E-state index in [1.165, 1.54) is 7.11 Å². The van der Waals surface area contributed by atoms with Crippen LogP contribution < -0.4 is 10.6 Å². The van der Waals surface area contributed by atoms with Crippen molar-refractivity contribution in [3.05, 3.63) is 29.3 Å². The van der Waals surface area contributed by atoms with Crippen molar-refractivity contribution >= 4 is 23.6 Å². The minimum absolute atomic E-state index is 0.110. The topological polar surface area (TPSA) is 134 Å². The van der Waals surface area contributed by atoms with Crippen LogP contribution in [0.3, 0.4) is 0 Å². The van der Waals surface area contributed by atoms with Gasteiger partial charge >= 0.3 is 17.9 Å². The van der Waals surface area contributed by atoms with Gasteiger partial charge in [0.1, 0.15) is 11.6 Å². The Morgan fingerprint density at radius 1 is 1.17 bits per heavy atom. The van der Waals surface area contributed by atoms with Crippen LogP contribution in [0, 0.1) is 0 Å². The molecule has 0 aromatic heterocycles. The van der Waals surface area contributed by atoms with E-state index in [9.17, 15) is 14.4 Å². The molecule has 0 aliphatic heterocycles. The molecule has 9 heteroatoms. The molecule has 0 heterocycles. The average molecular weight is 424 g/mol. The Kier molecular flexibility index (Phi) is 10.3. The minimum Gasteiger partial charge on any atom is -0.481 e. The predicted molar refractivity (Wildman–Crippen MR) is 111 cm³/mol. The quantitative estimate of drug-likeness (QED) is 0.293. The Labute approximate surface area is 176 Å². The summed E-state index contributed by atoms with van der Waals surface area (Å²) in [6, 6.07) is 3.74. The number of anilines is 1. The summed E-state index contributed by atoms with van der Waals surface area (Å²) >= 11 is 0. The summed E-state index contributed by atoms with van der Waals surface area (Å²) in [5.74, 6) is -2.33. The summed E-state index contributed by atoms with van der Waals surface area (Å²) in [6.45, 7) is 6.45. The van der Waals surface area contributed by atoms with E-state index in [0.717, 1.165) is 6.42 Å². The molecule has 4 N–H and O–H groups in total. The summed E-state index contributed by atoms with van der Waals surface area (Å²) in [7, 11) is 1.19. The summed E-state index contributed by atoms with van der Waals surface area (Å²) in [4.78, 5) is 35.5. The van der Waals surface area contributed by atoms with Crippen LogP contribution in [0.1, 0.15) is 56.0 Å². The first kappa shape index (κ1) is 25.4. The summed E-state index contributed by atoms with van der Waals surface area (Å²) < 4.78 is 10.1. The number of benzene rings is 1. The summed E-state index contributed by atoms with van der Waals surface area (Å²) in [6.07, 6.45) is 0.984. The number of esters is 2. The number of carbonyl (C=O) groups is 3. The average Bonchev–Trinajstić information content (AvgIpc) is 2.65. The van der Waals surface area contributed by atoms with Crippen molar-refractivity contribution in [2.24, 2.45) is 0 Å². The summed E-state index contributed by atoms with van der Waals surface area (Å²) in [5, 5.41) is 24.1. The van der Waals surface area contributed by atoms with Gasteiger partial charge < -0.3 is 30.3 Å².